The summed E-state index contributed by atoms with van der Waals surface area (Å²) in [5.41, 5.74) is 1.84. The first kappa shape index (κ1) is 21.9. The summed E-state index contributed by atoms with van der Waals surface area (Å²) in [5.74, 6) is -3.11. The molecule has 1 atom stereocenters. The molecule has 168 valence electrons. The van der Waals surface area contributed by atoms with Crippen LogP contribution in [0.25, 0.3) is 0 Å². The molecule has 0 bridgehead atoms. The second-order valence-electron chi connectivity index (χ2n) is 8.17. The van der Waals surface area contributed by atoms with Crippen LogP contribution in [0.2, 0.25) is 0 Å². The van der Waals surface area contributed by atoms with Crippen LogP contribution >= 0.6 is 0 Å². The van der Waals surface area contributed by atoms with Gasteiger partial charge in [0, 0.05) is 38.0 Å². The first-order valence-corrected chi connectivity index (χ1v) is 10.6. The van der Waals surface area contributed by atoms with Gasteiger partial charge >= 0.3 is 5.97 Å². The van der Waals surface area contributed by atoms with Crippen LogP contribution in [0.1, 0.15) is 34.3 Å². The predicted molar refractivity (Wildman–Crippen MR) is 111 cm³/mol. The number of hydrogen-bond donors (Lipinski definition) is 0. The molecule has 0 spiro atoms. The molecule has 6 nitrogen and oxygen atoms in total. The fraction of sp³-hybridized carbons (Fsp3) is 0.375. The van der Waals surface area contributed by atoms with E-state index in [0.29, 0.717) is 31.9 Å². The Labute approximate surface area is 184 Å². The Hall–Kier alpha value is -3.29. The Morgan fingerprint density at radius 1 is 1.00 bits per heavy atom. The van der Waals surface area contributed by atoms with Crippen LogP contribution in [0, 0.1) is 17.6 Å². The van der Waals surface area contributed by atoms with Crippen LogP contribution in [0.3, 0.4) is 0 Å². The van der Waals surface area contributed by atoms with E-state index >= 15 is 0 Å². The minimum absolute atomic E-state index is 0.144. The molecule has 2 heterocycles. The van der Waals surface area contributed by atoms with Gasteiger partial charge in [0.15, 0.2) is 0 Å². The molecule has 1 unspecified atom stereocenters. The summed E-state index contributed by atoms with van der Waals surface area (Å²) in [4.78, 5) is 41.4. The maximum Gasteiger partial charge on any atom is 0.328 e. The lowest BCUT2D eigenvalue weighted by Crippen LogP contribution is -2.52. The molecule has 2 aliphatic heterocycles. The van der Waals surface area contributed by atoms with Crippen molar-refractivity contribution in [3.63, 3.8) is 0 Å². The molecule has 2 aliphatic rings. The molecule has 0 N–H and O–H groups in total. The summed E-state index contributed by atoms with van der Waals surface area (Å²) >= 11 is 0. The normalized spacial score (nSPS) is 18.8. The van der Waals surface area contributed by atoms with Crippen LogP contribution in [0.5, 0.6) is 0 Å². The standard InChI is InChI=1S/C24H24F2N2O4/c1-32-24(31)21-12-16-4-2-3-5-17(16)14-28(21)22(29)15-8-10-27(11-9-15)23(30)19-7-6-18(25)13-20(19)26/h2-7,13,15,21H,8-12,14H2,1H3. The third kappa shape index (κ3) is 4.22. The first-order chi connectivity index (χ1) is 15.4. The first-order valence-electron chi connectivity index (χ1n) is 10.6. The molecule has 1 saturated heterocycles. The highest BCUT2D eigenvalue weighted by Crippen LogP contribution is 2.29. The number of benzene rings is 2. The Balaban J connectivity index is 1.45. The van der Waals surface area contributed by atoms with Crippen molar-refractivity contribution in [2.75, 3.05) is 20.2 Å². The van der Waals surface area contributed by atoms with Gasteiger partial charge in [-0.15, -0.1) is 0 Å². The highest BCUT2D eigenvalue weighted by Gasteiger charge is 2.39. The zero-order chi connectivity index (χ0) is 22.8. The zero-order valence-electron chi connectivity index (χ0n) is 17.7. The number of methoxy groups -OCH3 is 1. The molecule has 2 aromatic rings. The number of fused-ring (bicyclic) bond motifs is 1. The van der Waals surface area contributed by atoms with Crippen molar-refractivity contribution < 1.29 is 27.9 Å². The molecule has 2 aromatic carbocycles. The van der Waals surface area contributed by atoms with Crippen molar-refractivity contribution in [3.8, 4) is 0 Å². The number of hydrogen-bond acceptors (Lipinski definition) is 4. The number of nitrogens with zero attached hydrogens (tertiary/aromatic N) is 2. The molecule has 0 aliphatic carbocycles. The van der Waals surface area contributed by atoms with Crippen molar-refractivity contribution in [2.24, 2.45) is 5.92 Å². The lowest BCUT2D eigenvalue weighted by molar-refractivity contribution is -0.156. The molecular weight excluding hydrogens is 418 g/mol. The summed E-state index contributed by atoms with van der Waals surface area (Å²) in [5, 5.41) is 0. The minimum atomic E-state index is -0.902. The molecule has 2 amide bonds. The molecule has 0 aromatic heterocycles. The van der Waals surface area contributed by atoms with Gasteiger partial charge in [-0.05, 0) is 36.1 Å². The quantitative estimate of drug-likeness (QED) is 0.686. The topological polar surface area (TPSA) is 66.9 Å². The number of likely N-dealkylation sites (tertiary alicyclic amines) is 1. The Kier molecular flexibility index (Phi) is 6.21. The average Bonchev–Trinajstić information content (AvgIpc) is 2.82. The second-order valence-corrected chi connectivity index (χ2v) is 8.17. The van der Waals surface area contributed by atoms with E-state index in [0.717, 1.165) is 23.3 Å². The van der Waals surface area contributed by atoms with Gasteiger partial charge in [-0.25, -0.2) is 13.6 Å². The van der Waals surface area contributed by atoms with Crippen LogP contribution in [0.15, 0.2) is 42.5 Å². The van der Waals surface area contributed by atoms with Gasteiger partial charge < -0.3 is 14.5 Å². The van der Waals surface area contributed by atoms with E-state index < -0.39 is 29.6 Å². The summed E-state index contributed by atoms with van der Waals surface area (Å²) in [6.45, 7) is 0.882. The summed E-state index contributed by atoms with van der Waals surface area (Å²) in [6, 6.07) is 9.89. The monoisotopic (exact) mass is 442 g/mol. The number of rotatable bonds is 3. The summed E-state index contributed by atoms with van der Waals surface area (Å²) in [7, 11) is 1.31. The van der Waals surface area contributed by atoms with E-state index in [1.54, 1.807) is 4.90 Å². The molecule has 0 radical (unpaired) electrons. The number of esters is 1. The SMILES string of the molecule is COC(=O)C1Cc2ccccc2CN1C(=O)C1CCN(C(=O)c2ccc(F)cc2F)CC1. The van der Waals surface area contributed by atoms with Crippen molar-refractivity contribution in [2.45, 2.75) is 31.8 Å². The third-order valence-electron chi connectivity index (χ3n) is 6.30. The highest BCUT2D eigenvalue weighted by molar-refractivity contribution is 5.94. The summed E-state index contributed by atoms with van der Waals surface area (Å²) < 4.78 is 32.1. The Morgan fingerprint density at radius 2 is 1.69 bits per heavy atom. The number of carbonyl (C=O) groups excluding carboxylic acids is 3. The van der Waals surface area contributed by atoms with Crippen LogP contribution < -0.4 is 0 Å². The maximum absolute atomic E-state index is 14.0. The number of halogens is 2. The molecular formula is C24H24F2N2O4. The predicted octanol–water partition coefficient (Wildman–Crippen LogP) is 2.94. The minimum Gasteiger partial charge on any atom is -0.467 e. The van der Waals surface area contributed by atoms with E-state index in [2.05, 4.69) is 0 Å². The molecule has 32 heavy (non-hydrogen) atoms. The number of ether oxygens (including phenoxy) is 1. The van der Waals surface area contributed by atoms with Crippen LogP contribution in [-0.2, 0) is 27.3 Å². The van der Waals surface area contributed by atoms with Crippen molar-refractivity contribution >= 4 is 17.8 Å². The Morgan fingerprint density at radius 3 is 2.34 bits per heavy atom. The van der Waals surface area contributed by atoms with Crippen LogP contribution in [0.4, 0.5) is 8.78 Å². The largest absolute Gasteiger partial charge is 0.467 e. The Bertz CT molecular complexity index is 1050. The van der Waals surface area contributed by atoms with Crippen molar-refractivity contribution in [1.82, 2.24) is 9.80 Å². The summed E-state index contributed by atoms with van der Waals surface area (Å²) in [6.07, 6.45) is 1.20. The van der Waals surface area contributed by atoms with E-state index in [4.69, 9.17) is 4.74 Å². The fourth-order valence-corrected chi connectivity index (χ4v) is 4.50. The number of piperidine rings is 1. The van der Waals surface area contributed by atoms with E-state index in [1.165, 1.54) is 12.0 Å². The maximum atomic E-state index is 14.0. The van der Waals surface area contributed by atoms with Crippen LogP contribution in [-0.4, -0.2) is 53.8 Å². The number of amides is 2. The van der Waals surface area contributed by atoms with E-state index in [-0.39, 0.29) is 30.5 Å². The smallest absolute Gasteiger partial charge is 0.328 e. The van der Waals surface area contributed by atoms with Gasteiger partial charge in [0.1, 0.15) is 17.7 Å². The zero-order valence-corrected chi connectivity index (χ0v) is 17.7. The molecule has 0 saturated carbocycles. The molecule has 8 heteroatoms. The van der Waals surface area contributed by atoms with Gasteiger partial charge in [0.05, 0.1) is 12.7 Å². The lowest BCUT2D eigenvalue weighted by Gasteiger charge is -2.39. The van der Waals surface area contributed by atoms with Gasteiger partial charge in [-0.2, -0.15) is 0 Å². The molecule has 1 fully saturated rings. The van der Waals surface area contributed by atoms with E-state index in [9.17, 15) is 23.2 Å². The van der Waals surface area contributed by atoms with Gasteiger partial charge in [-0.1, -0.05) is 24.3 Å². The third-order valence-corrected chi connectivity index (χ3v) is 6.30. The lowest BCUT2D eigenvalue weighted by atomic mass is 9.89. The van der Waals surface area contributed by atoms with Crippen molar-refractivity contribution in [1.29, 1.82) is 0 Å². The van der Waals surface area contributed by atoms with E-state index in [1.807, 2.05) is 24.3 Å². The van der Waals surface area contributed by atoms with Gasteiger partial charge in [0.2, 0.25) is 5.91 Å². The van der Waals surface area contributed by atoms with Gasteiger partial charge in [0.25, 0.3) is 5.91 Å². The highest BCUT2D eigenvalue weighted by atomic mass is 19.1. The van der Waals surface area contributed by atoms with Crippen molar-refractivity contribution in [3.05, 3.63) is 70.8 Å². The van der Waals surface area contributed by atoms with Gasteiger partial charge in [-0.3, -0.25) is 9.59 Å². The average molecular weight is 442 g/mol. The second kappa shape index (κ2) is 9.06. The number of carbonyl (C=O) groups is 3. The fourth-order valence-electron chi connectivity index (χ4n) is 4.50. The molecule has 4 rings (SSSR count).